The second kappa shape index (κ2) is 45.0. The molecule has 2 aliphatic rings. The SMILES string of the molecule is C#CC(=O)NCCC(C)(C)C.C=CC(=O)NCCC(C)(C)C.CC(C)(C)C(O)CN.CC(C)(C)C1Oc2cc(O)cc(O)c2CC1O.CC(C)(C)CCN.CCC(=O)NCCC(C)(C)C.CC[C@H]1OCC(OC(=O)C(C)(C)C)C[C@@H]1C.CNCC(O)C(C)(C)C. The van der Waals surface area contributed by atoms with Gasteiger partial charge in [0.15, 0.2) is 0 Å². The van der Waals surface area contributed by atoms with Gasteiger partial charge in [-0.3, -0.25) is 19.2 Å². The van der Waals surface area contributed by atoms with E-state index in [0.717, 1.165) is 58.2 Å². The van der Waals surface area contributed by atoms with Gasteiger partial charge in [0, 0.05) is 68.7 Å². The number of likely N-dealkylation sites (N-methyl/N-ethyl adjacent to an activating group) is 1. The fourth-order valence-electron chi connectivity index (χ4n) is 7.40. The molecule has 18 nitrogen and oxygen atoms in total. The molecule has 1 aromatic carbocycles. The van der Waals surface area contributed by atoms with Crippen LogP contribution in [0.5, 0.6) is 17.2 Å². The first-order chi connectivity index (χ1) is 40.5. The van der Waals surface area contributed by atoms with Crippen LogP contribution in [-0.4, -0.2) is 139 Å². The highest BCUT2D eigenvalue weighted by Gasteiger charge is 2.39. The number of esters is 1. The van der Waals surface area contributed by atoms with Gasteiger partial charge in [-0.05, 0) is 123 Å². The zero-order valence-corrected chi connectivity index (χ0v) is 62.4. The Morgan fingerprint density at radius 2 is 1.19 bits per heavy atom. The summed E-state index contributed by atoms with van der Waals surface area (Å²) in [4.78, 5) is 43.7. The van der Waals surface area contributed by atoms with Crippen LogP contribution in [0.4, 0.5) is 0 Å². The third kappa shape index (κ3) is 54.1. The van der Waals surface area contributed by atoms with Crippen LogP contribution in [0.3, 0.4) is 0 Å². The largest absolute Gasteiger partial charge is 0.508 e. The van der Waals surface area contributed by atoms with Crippen molar-refractivity contribution >= 4 is 23.7 Å². The van der Waals surface area contributed by atoms with Crippen molar-refractivity contribution in [1.82, 2.24) is 21.3 Å². The van der Waals surface area contributed by atoms with E-state index in [0.29, 0.717) is 73.2 Å². The van der Waals surface area contributed by atoms with Crippen molar-refractivity contribution in [2.45, 2.75) is 275 Å². The molecule has 5 unspecified atom stereocenters. The maximum atomic E-state index is 11.7. The molecule has 0 aliphatic carbocycles. The lowest BCUT2D eigenvalue weighted by Gasteiger charge is -2.38. The summed E-state index contributed by atoms with van der Waals surface area (Å²) in [6.45, 7) is 63.5. The van der Waals surface area contributed by atoms with Crippen LogP contribution in [0.2, 0.25) is 0 Å². The predicted octanol–water partition coefficient (Wildman–Crippen LogP) is 11.8. The van der Waals surface area contributed by atoms with Gasteiger partial charge in [-0.2, -0.15) is 0 Å². The minimum atomic E-state index is -0.655. The number of aliphatic hydroxyl groups excluding tert-OH is 3. The number of nitrogens with one attached hydrogen (secondary N) is 4. The second-order valence-electron chi connectivity index (χ2n) is 32.6. The maximum Gasteiger partial charge on any atom is 0.311 e. The number of rotatable bonds is 14. The normalized spacial score (nSPS) is 18.0. The zero-order valence-electron chi connectivity index (χ0n) is 62.4. The number of hydrogen-bond donors (Lipinski definition) is 11. The number of fused-ring (bicyclic) bond motifs is 1. The first-order valence-corrected chi connectivity index (χ1v) is 32.6. The number of ether oxygens (including phenoxy) is 3. The zero-order chi connectivity index (χ0) is 72.0. The molecule has 0 aromatic heterocycles. The molecule has 2 aliphatic heterocycles. The number of terminal acetylenes is 1. The van der Waals surface area contributed by atoms with Crippen LogP contribution in [-0.2, 0) is 35.1 Å². The Morgan fingerprint density at radius 3 is 1.50 bits per heavy atom. The smallest absolute Gasteiger partial charge is 0.311 e. The average molecular weight is 1280 g/mol. The van der Waals surface area contributed by atoms with Gasteiger partial charge in [-0.1, -0.05) is 173 Å². The molecule has 3 amide bonds. The molecule has 0 saturated carbocycles. The highest BCUT2D eigenvalue weighted by atomic mass is 16.6. The van der Waals surface area contributed by atoms with E-state index >= 15 is 0 Å². The van der Waals surface area contributed by atoms with Crippen LogP contribution in [0.25, 0.3) is 0 Å². The van der Waals surface area contributed by atoms with Gasteiger partial charge in [0.25, 0.3) is 5.91 Å². The molecule has 3 rings (SSSR count). The number of amides is 3. The lowest BCUT2D eigenvalue weighted by atomic mass is 9.82. The summed E-state index contributed by atoms with van der Waals surface area (Å²) in [7, 11) is 1.84. The van der Waals surface area contributed by atoms with Crippen LogP contribution in [0, 0.1) is 61.6 Å². The summed E-state index contributed by atoms with van der Waals surface area (Å²) in [6, 6.07) is 2.73. The third-order valence-electron chi connectivity index (χ3n) is 13.8. The van der Waals surface area contributed by atoms with Gasteiger partial charge < -0.3 is 72.5 Å². The number of benzene rings is 1. The number of phenols is 2. The molecular formula is C72H140N6O12. The van der Waals surface area contributed by atoms with E-state index in [1.54, 1.807) is 0 Å². The van der Waals surface area contributed by atoms with Gasteiger partial charge in [0.2, 0.25) is 11.8 Å². The molecule has 18 heteroatoms. The van der Waals surface area contributed by atoms with E-state index in [4.69, 9.17) is 37.2 Å². The molecule has 1 saturated heterocycles. The van der Waals surface area contributed by atoms with E-state index in [-0.39, 0.29) is 86.7 Å². The van der Waals surface area contributed by atoms with E-state index in [2.05, 4.69) is 125 Å². The fourth-order valence-corrected chi connectivity index (χ4v) is 7.40. The molecule has 1 aromatic rings. The Morgan fingerprint density at radius 1 is 0.733 bits per heavy atom. The Kier molecular flexibility index (Phi) is 47.1. The van der Waals surface area contributed by atoms with Gasteiger partial charge in [-0.25, -0.2) is 0 Å². The minimum Gasteiger partial charge on any atom is -0.508 e. The number of aliphatic hydroxyl groups is 3. The lowest BCUT2D eigenvalue weighted by Crippen LogP contribution is -2.46. The summed E-state index contributed by atoms with van der Waals surface area (Å²) in [5.41, 5.74) is 11.7. The van der Waals surface area contributed by atoms with Crippen molar-refractivity contribution < 1.29 is 58.9 Å². The lowest BCUT2D eigenvalue weighted by molar-refractivity contribution is -0.171. The predicted molar refractivity (Wildman–Crippen MR) is 374 cm³/mol. The summed E-state index contributed by atoms with van der Waals surface area (Å²) < 4.78 is 16.8. The number of aromatic hydroxyl groups is 2. The Labute approximate surface area is 550 Å². The molecule has 13 N–H and O–H groups in total. The quantitative estimate of drug-likeness (QED) is 0.0469. The molecule has 0 bridgehead atoms. The minimum absolute atomic E-state index is 0.00299. The molecule has 0 radical (unpaired) electrons. The summed E-state index contributed by atoms with van der Waals surface area (Å²) >= 11 is 0. The highest BCUT2D eigenvalue weighted by molar-refractivity contribution is 5.92. The third-order valence-corrected chi connectivity index (χ3v) is 13.8. The number of phenolic OH excluding ortho intramolecular Hbond substituents is 2. The van der Waals surface area contributed by atoms with E-state index in [1.165, 1.54) is 18.2 Å². The molecule has 90 heavy (non-hydrogen) atoms. The molecule has 0 spiro atoms. The summed E-state index contributed by atoms with van der Waals surface area (Å²) in [5.74, 6) is 2.45. The molecular weight excluding hydrogens is 1140 g/mol. The average Bonchev–Trinajstić information content (AvgIpc) is 0.849. The van der Waals surface area contributed by atoms with Crippen molar-refractivity contribution in [3.63, 3.8) is 0 Å². The number of hydrogen-bond acceptors (Lipinski definition) is 15. The fraction of sp³-hybridized carbons (Fsp3) is 0.806. The van der Waals surface area contributed by atoms with Gasteiger partial charge >= 0.3 is 5.97 Å². The highest BCUT2D eigenvalue weighted by Crippen LogP contribution is 2.41. The van der Waals surface area contributed by atoms with E-state index in [9.17, 15) is 39.6 Å². The molecule has 2 heterocycles. The monoisotopic (exact) mass is 1280 g/mol. The van der Waals surface area contributed by atoms with Crippen LogP contribution >= 0.6 is 0 Å². The van der Waals surface area contributed by atoms with E-state index < -0.39 is 11.5 Å². The standard InChI is InChI=1S/C13H18O4.C13H24O3.C9H19NO.C9H17NO.C9H15NO.C7H17NO.C6H15NO.C6H15N/c1-13(2,3)12-10(16)6-8-9(15)4-7(14)5-11(8)17-12;1-6-11-9(2)7-10(8-15-11)16-12(14)13(3,4)5;3*1-5-8(11)10-7-6-9(2,3)4;1-7(2,3)6(9)5-8-4;1-6(2,3)5(8)4-7;1-6(2,3)4-5-7/h4-5,10,12,14-16H,6H2,1-3H3;9-11H,6-8H2,1-5H3;5-7H2,1-4H3,(H,10,11);5H,1,6-7H2,2-4H3,(H,10,11);1H,6-7H2,2-4H3,(H,10,11);6,8-9H,5H2,1-4H3;5,8H,4,7H2,1-3H3;4-5,7H2,1-3H3/t;9-,10?,11+;;;;;;/m.0....../s1. The van der Waals surface area contributed by atoms with E-state index in [1.807, 2.05) is 103 Å². The van der Waals surface area contributed by atoms with Crippen molar-refractivity contribution in [2.24, 2.45) is 60.7 Å². The molecule has 1 fully saturated rings. The van der Waals surface area contributed by atoms with Crippen molar-refractivity contribution in [3.8, 4) is 29.6 Å². The van der Waals surface area contributed by atoms with Gasteiger partial charge in [0.1, 0.15) is 29.5 Å². The first-order valence-electron chi connectivity index (χ1n) is 32.6. The molecule has 7 atom stereocenters. The van der Waals surface area contributed by atoms with Crippen molar-refractivity contribution in [2.75, 3.05) is 52.9 Å². The van der Waals surface area contributed by atoms with Gasteiger partial charge in [0.05, 0.1) is 36.4 Å². The summed E-state index contributed by atoms with van der Waals surface area (Å²) in [6.07, 6.45) is 11.8. The van der Waals surface area contributed by atoms with Gasteiger partial charge in [-0.15, -0.1) is 6.42 Å². The Balaban J connectivity index is -0.000000311. The van der Waals surface area contributed by atoms with Crippen molar-refractivity contribution in [1.29, 1.82) is 0 Å². The van der Waals surface area contributed by atoms with Crippen LogP contribution in [0.15, 0.2) is 24.8 Å². The van der Waals surface area contributed by atoms with Crippen molar-refractivity contribution in [3.05, 3.63) is 30.4 Å². The van der Waals surface area contributed by atoms with Crippen LogP contribution in [0.1, 0.15) is 237 Å². The second-order valence-corrected chi connectivity index (χ2v) is 32.6. The Hall–Kier alpha value is -4.48. The first kappa shape index (κ1) is 94.2. The maximum absolute atomic E-state index is 11.7. The number of nitrogens with two attached hydrogens (primary N) is 2. The summed E-state index contributed by atoms with van der Waals surface area (Å²) in [5, 5.41) is 58.7. The van der Waals surface area contributed by atoms with Crippen LogP contribution < -0.4 is 37.5 Å². The molecule has 530 valence electrons. The number of carbonyl (C=O) groups is 4. The topological polar surface area (TPSA) is 297 Å². The Bertz CT molecular complexity index is 2160. The number of carbonyl (C=O) groups excluding carboxylic acids is 4.